The highest BCUT2D eigenvalue weighted by Crippen LogP contribution is 2.36. The molecule has 1 aromatic carbocycles. The Labute approximate surface area is 84.4 Å². The van der Waals surface area contributed by atoms with Gasteiger partial charge in [-0.05, 0) is 24.0 Å². The Kier molecular flexibility index (Phi) is 1.91. The first-order chi connectivity index (χ1) is 6.95. The van der Waals surface area contributed by atoms with E-state index >= 15 is 0 Å². The molecule has 0 fully saturated rings. The minimum absolute atomic E-state index is 0.426. The van der Waals surface area contributed by atoms with Crippen molar-refractivity contribution in [2.75, 3.05) is 0 Å². The molecule has 0 radical (unpaired) electrons. The van der Waals surface area contributed by atoms with Gasteiger partial charge in [0.1, 0.15) is 0 Å². The molecule has 0 saturated carbocycles. The third kappa shape index (κ3) is 1.20. The maximum Gasteiger partial charge on any atom is 0.0724 e. The second kappa shape index (κ2) is 3.25. The number of rotatable bonds is 0. The van der Waals surface area contributed by atoms with Crippen molar-refractivity contribution in [1.82, 2.24) is 0 Å². The van der Waals surface area contributed by atoms with Crippen LogP contribution in [-0.4, -0.2) is 6.10 Å². The molecule has 1 aromatic rings. The molecule has 1 aliphatic carbocycles. The molecule has 2 unspecified atom stereocenters. The minimum atomic E-state index is 0.426. The van der Waals surface area contributed by atoms with E-state index in [0.29, 0.717) is 12.0 Å². The predicted octanol–water partition coefficient (Wildman–Crippen LogP) is 3.02. The summed E-state index contributed by atoms with van der Waals surface area (Å²) in [5.74, 6) is 0.508. The van der Waals surface area contributed by atoms with Gasteiger partial charge in [0.05, 0.1) is 12.7 Å². The zero-order valence-electron chi connectivity index (χ0n) is 8.15. The summed E-state index contributed by atoms with van der Waals surface area (Å²) in [4.78, 5) is 0. The lowest BCUT2D eigenvalue weighted by Crippen LogP contribution is -2.28. The number of hydrogen-bond donors (Lipinski definition) is 0. The molecule has 3 rings (SSSR count). The Bertz CT molecular complexity index is 367. The van der Waals surface area contributed by atoms with Crippen LogP contribution in [0.15, 0.2) is 36.4 Å². The molecule has 0 aromatic heterocycles. The molecule has 72 valence electrons. The van der Waals surface area contributed by atoms with Crippen molar-refractivity contribution < 1.29 is 4.74 Å². The Morgan fingerprint density at radius 3 is 3.14 bits per heavy atom. The second-order valence-corrected chi connectivity index (χ2v) is 4.08. The van der Waals surface area contributed by atoms with Crippen molar-refractivity contribution >= 4 is 0 Å². The van der Waals surface area contributed by atoms with E-state index in [9.17, 15) is 0 Å². The molecule has 2 aliphatic rings. The molecular formula is C13H14O. The van der Waals surface area contributed by atoms with E-state index in [1.165, 1.54) is 24.0 Å². The number of fused-ring (bicyclic) bond motifs is 3. The van der Waals surface area contributed by atoms with Crippen LogP contribution in [0.25, 0.3) is 0 Å². The van der Waals surface area contributed by atoms with Crippen molar-refractivity contribution in [2.45, 2.75) is 31.5 Å². The average Bonchev–Trinajstić information content (AvgIpc) is 2.29. The number of benzene rings is 1. The van der Waals surface area contributed by atoms with Crippen LogP contribution in [0, 0.1) is 0 Å². The van der Waals surface area contributed by atoms with E-state index in [-0.39, 0.29) is 0 Å². The van der Waals surface area contributed by atoms with Crippen LogP contribution in [0.4, 0.5) is 0 Å². The molecule has 0 N–H and O–H groups in total. The molecule has 0 spiro atoms. The fourth-order valence-corrected chi connectivity index (χ4v) is 2.49. The summed E-state index contributed by atoms with van der Waals surface area (Å²) in [6.45, 7) is 0.797. The zero-order valence-corrected chi connectivity index (χ0v) is 8.15. The van der Waals surface area contributed by atoms with Gasteiger partial charge in [-0.1, -0.05) is 36.4 Å². The van der Waals surface area contributed by atoms with E-state index in [1.54, 1.807) is 0 Å². The van der Waals surface area contributed by atoms with Gasteiger partial charge in [-0.2, -0.15) is 0 Å². The molecule has 1 heteroatoms. The second-order valence-electron chi connectivity index (χ2n) is 4.08. The van der Waals surface area contributed by atoms with Crippen LogP contribution in [0.3, 0.4) is 0 Å². The summed E-state index contributed by atoms with van der Waals surface area (Å²) in [7, 11) is 0. The molecule has 1 nitrogen and oxygen atoms in total. The molecule has 1 heterocycles. The maximum absolute atomic E-state index is 5.86. The zero-order chi connectivity index (χ0) is 9.38. The van der Waals surface area contributed by atoms with Gasteiger partial charge < -0.3 is 4.74 Å². The molecule has 0 amide bonds. The first kappa shape index (κ1) is 8.25. The monoisotopic (exact) mass is 186 g/mol. The molecule has 1 aliphatic heterocycles. The van der Waals surface area contributed by atoms with E-state index in [4.69, 9.17) is 4.74 Å². The van der Waals surface area contributed by atoms with Crippen LogP contribution in [0.1, 0.15) is 29.9 Å². The first-order valence-corrected chi connectivity index (χ1v) is 5.31. The van der Waals surface area contributed by atoms with Gasteiger partial charge in [-0.15, -0.1) is 0 Å². The fourth-order valence-electron chi connectivity index (χ4n) is 2.49. The van der Waals surface area contributed by atoms with Crippen LogP contribution in [0.2, 0.25) is 0 Å². The highest BCUT2D eigenvalue weighted by molar-refractivity contribution is 5.36. The van der Waals surface area contributed by atoms with Crippen molar-refractivity contribution in [1.29, 1.82) is 0 Å². The number of hydrogen-bond acceptors (Lipinski definition) is 1. The van der Waals surface area contributed by atoms with Crippen LogP contribution < -0.4 is 0 Å². The molecule has 2 atom stereocenters. The van der Waals surface area contributed by atoms with E-state index < -0.39 is 0 Å². The summed E-state index contributed by atoms with van der Waals surface area (Å²) < 4.78 is 5.86. The van der Waals surface area contributed by atoms with Crippen LogP contribution >= 0.6 is 0 Å². The molecular weight excluding hydrogens is 172 g/mol. The van der Waals surface area contributed by atoms with Gasteiger partial charge >= 0.3 is 0 Å². The van der Waals surface area contributed by atoms with Crippen molar-refractivity contribution in [2.24, 2.45) is 0 Å². The van der Waals surface area contributed by atoms with Gasteiger partial charge in [-0.3, -0.25) is 0 Å². The highest BCUT2D eigenvalue weighted by Gasteiger charge is 2.29. The summed E-state index contributed by atoms with van der Waals surface area (Å²) in [5.41, 5.74) is 2.83. The number of ether oxygens (including phenoxy) is 1. The Morgan fingerprint density at radius 1 is 1.21 bits per heavy atom. The Hall–Kier alpha value is -1.08. The fraction of sp³-hybridized carbons (Fsp3) is 0.385. The highest BCUT2D eigenvalue weighted by atomic mass is 16.5. The number of allylic oxidation sites excluding steroid dienone is 1. The van der Waals surface area contributed by atoms with Gasteiger partial charge in [0.15, 0.2) is 0 Å². The average molecular weight is 186 g/mol. The predicted molar refractivity (Wildman–Crippen MR) is 56.1 cm³/mol. The molecule has 0 bridgehead atoms. The maximum atomic E-state index is 5.86. The quantitative estimate of drug-likeness (QED) is 0.566. The van der Waals surface area contributed by atoms with E-state index in [0.717, 1.165) is 6.61 Å². The summed E-state index contributed by atoms with van der Waals surface area (Å²) in [5, 5.41) is 0. The summed E-state index contributed by atoms with van der Waals surface area (Å²) in [6.07, 6.45) is 7.37. The SMILES string of the molecule is C1=CC2c3ccccc3COC2CC1. The lowest BCUT2D eigenvalue weighted by Gasteiger charge is -2.34. The van der Waals surface area contributed by atoms with Gasteiger partial charge in [0.2, 0.25) is 0 Å². The van der Waals surface area contributed by atoms with E-state index in [1.807, 2.05) is 0 Å². The topological polar surface area (TPSA) is 9.23 Å². The van der Waals surface area contributed by atoms with Gasteiger partial charge in [0, 0.05) is 5.92 Å². The Balaban J connectivity index is 2.07. The van der Waals surface area contributed by atoms with Gasteiger partial charge in [-0.25, -0.2) is 0 Å². The largest absolute Gasteiger partial charge is 0.373 e. The smallest absolute Gasteiger partial charge is 0.0724 e. The van der Waals surface area contributed by atoms with Crippen LogP contribution in [0.5, 0.6) is 0 Å². The minimum Gasteiger partial charge on any atom is -0.373 e. The summed E-state index contributed by atoms with van der Waals surface area (Å²) in [6, 6.07) is 8.64. The third-order valence-electron chi connectivity index (χ3n) is 3.23. The van der Waals surface area contributed by atoms with Crippen molar-refractivity contribution in [3.05, 3.63) is 47.5 Å². The summed E-state index contributed by atoms with van der Waals surface area (Å²) >= 11 is 0. The lowest BCUT2D eigenvalue weighted by atomic mass is 9.82. The van der Waals surface area contributed by atoms with Crippen molar-refractivity contribution in [3.8, 4) is 0 Å². The molecule has 14 heavy (non-hydrogen) atoms. The normalized spacial score (nSPS) is 29.4. The van der Waals surface area contributed by atoms with Gasteiger partial charge in [0.25, 0.3) is 0 Å². The van der Waals surface area contributed by atoms with Crippen molar-refractivity contribution in [3.63, 3.8) is 0 Å². The van der Waals surface area contributed by atoms with E-state index in [2.05, 4.69) is 36.4 Å². The third-order valence-corrected chi connectivity index (χ3v) is 3.23. The molecule has 0 saturated heterocycles. The van der Waals surface area contributed by atoms with Crippen LogP contribution in [-0.2, 0) is 11.3 Å². The lowest BCUT2D eigenvalue weighted by molar-refractivity contribution is 0.0105. The Morgan fingerprint density at radius 2 is 2.14 bits per heavy atom. The first-order valence-electron chi connectivity index (χ1n) is 5.31. The standard InChI is InChI=1S/C13H14O/c1-2-6-11-10(5-1)9-14-13-8-4-3-7-12(11)13/h1-3,5-7,12-13H,4,8-9H2.